The van der Waals surface area contributed by atoms with Gasteiger partial charge >= 0.3 is 0 Å². The van der Waals surface area contributed by atoms with Gasteiger partial charge in [0.15, 0.2) is 0 Å². The van der Waals surface area contributed by atoms with Crippen LogP contribution in [0.2, 0.25) is 0 Å². The SMILES string of the molecule is CCOCC(C)(C)C/C=C/CC(C)(C)CO. The highest BCUT2D eigenvalue weighted by atomic mass is 16.5. The molecule has 0 aromatic carbocycles. The first-order valence-corrected chi connectivity index (χ1v) is 6.16. The lowest BCUT2D eigenvalue weighted by Crippen LogP contribution is -2.18. The van der Waals surface area contributed by atoms with E-state index in [1.807, 2.05) is 6.92 Å². The normalized spacial score (nSPS) is 13.6. The Hall–Kier alpha value is -0.340. The summed E-state index contributed by atoms with van der Waals surface area (Å²) in [4.78, 5) is 0. The van der Waals surface area contributed by atoms with Gasteiger partial charge in [-0.25, -0.2) is 0 Å². The summed E-state index contributed by atoms with van der Waals surface area (Å²) >= 11 is 0. The van der Waals surface area contributed by atoms with Crippen LogP contribution in [0.4, 0.5) is 0 Å². The van der Waals surface area contributed by atoms with E-state index in [0.717, 1.165) is 26.1 Å². The van der Waals surface area contributed by atoms with Crippen molar-refractivity contribution in [3.8, 4) is 0 Å². The minimum atomic E-state index is 0.000557. The van der Waals surface area contributed by atoms with E-state index in [0.29, 0.717) is 0 Å². The summed E-state index contributed by atoms with van der Waals surface area (Å²) in [6.07, 6.45) is 6.32. The van der Waals surface area contributed by atoms with Crippen LogP contribution < -0.4 is 0 Å². The fourth-order valence-electron chi connectivity index (χ4n) is 1.31. The van der Waals surface area contributed by atoms with Gasteiger partial charge in [0.25, 0.3) is 0 Å². The Morgan fingerprint density at radius 2 is 1.50 bits per heavy atom. The van der Waals surface area contributed by atoms with Crippen molar-refractivity contribution in [2.24, 2.45) is 10.8 Å². The summed E-state index contributed by atoms with van der Waals surface area (Å²) in [5.41, 5.74) is 0.205. The maximum absolute atomic E-state index is 9.12. The molecule has 2 heteroatoms. The van der Waals surface area contributed by atoms with Gasteiger partial charge in [-0.2, -0.15) is 0 Å². The first-order chi connectivity index (χ1) is 7.33. The molecule has 0 saturated carbocycles. The van der Waals surface area contributed by atoms with Gasteiger partial charge in [-0.05, 0) is 30.6 Å². The zero-order valence-electron chi connectivity index (χ0n) is 11.5. The second-order valence-electron chi connectivity index (χ2n) is 6.00. The summed E-state index contributed by atoms with van der Waals surface area (Å²) in [7, 11) is 0. The first-order valence-electron chi connectivity index (χ1n) is 6.16. The lowest BCUT2D eigenvalue weighted by Gasteiger charge is -2.23. The Bertz CT molecular complexity index is 205. The number of aliphatic hydroxyl groups excluding tert-OH is 1. The molecule has 0 spiro atoms. The molecule has 0 radical (unpaired) electrons. The van der Waals surface area contributed by atoms with E-state index in [9.17, 15) is 0 Å². The number of hydrogen-bond acceptors (Lipinski definition) is 2. The van der Waals surface area contributed by atoms with Crippen molar-refractivity contribution in [1.82, 2.24) is 0 Å². The minimum absolute atomic E-state index is 0.000557. The van der Waals surface area contributed by atoms with Crippen molar-refractivity contribution in [1.29, 1.82) is 0 Å². The average molecular weight is 228 g/mol. The third-order valence-corrected chi connectivity index (χ3v) is 2.63. The molecule has 0 aromatic rings. The lowest BCUT2D eigenvalue weighted by atomic mass is 9.87. The molecule has 0 aliphatic carbocycles. The molecule has 0 aromatic heterocycles. The molecule has 1 N–H and O–H groups in total. The van der Waals surface area contributed by atoms with E-state index in [-0.39, 0.29) is 17.4 Å². The highest BCUT2D eigenvalue weighted by molar-refractivity contribution is 4.90. The van der Waals surface area contributed by atoms with Crippen molar-refractivity contribution >= 4 is 0 Å². The molecule has 0 atom stereocenters. The summed E-state index contributed by atoms with van der Waals surface area (Å²) in [5, 5.41) is 9.12. The molecule has 0 aliphatic heterocycles. The van der Waals surface area contributed by atoms with Crippen LogP contribution >= 0.6 is 0 Å². The van der Waals surface area contributed by atoms with E-state index in [1.54, 1.807) is 0 Å². The molecule has 0 unspecified atom stereocenters. The maximum atomic E-state index is 9.12. The maximum Gasteiger partial charge on any atom is 0.0519 e. The Morgan fingerprint density at radius 3 is 1.94 bits per heavy atom. The molecule has 96 valence electrons. The van der Waals surface area contributed by atoms with E-state index >= 15 is 0 Å². The molecule has 0 fully saturated rings. The average Bonchev–Trinajstić information content (AvgIpc) is 2.22. The van der Waals surface area contributed by atoms with E-state index in [2.05, 4.69) is 39.8 Å². The van der Waals surface area contributed by atoms with Gasteiger partial charge < -0.3 is 9.84 Å². The quantitative estimate of drug-likeness (QED) is 0.645. The predicted molar refractivity (Wildman–Crippen MR) is 69.5 cm³/mol. The molecule has 2 nitrogen and oxygen atoms in total. The molecular formula is C14H28O2. The number of allylic oxidation sites excluding steroid dienone is 2. The molecule has 16 heavy (non-hydrogen) atoms. The van der Waals surface area contributed by atoms with E-state index in [4.69, 9.17) is 9.84 Å². The van der Waals surface area contributed by atoms with E-state index in [1.165, 1.54) is 0 Å². The summed E-state index contributed by atoms with van der Waals surface area (Å²) in [6, 6.07) is 0. The van der Waals surface area contributed by atoms with E-state index < -0.39 is 0 Å². The number of hydrogen-bond donors (Lipinski definition) is 1. The summed E-state index contributed by atoms with van der Waals surface area (Å²) in [5.74, 6) is 0. The van der Waals surface area contributed by atoms with Crippen LogP contribution in [0.3, 0.4) is 0 Å². The highest BCUT2D eigenvalue weighted by Gasteiger charge is 2.17. The monoisotopic (exact) mass is 228 g/mol. The van der Waals surface area contributed by atoms with Crippen LogP contribution in [0.5, 0.6) is 0 Å². The predicted octanol–water partition coefficient (Wildman–Crippen LogP) is 3.40. The Kier molecular flexibility index (Phi) is 6.93. The van der Waals surface area contributed by atoms with Gasteiger partial charge in [0.2, 0.25) is 0 Å². The third kappa shape index (κ3) is 7.89. The molecule has 0 amide bonds. The second kappa shape index (κ2) is 7.08. The largest absolute Gasteiger partial charge is 0.396 e. The van der Waals surface area contributed by atoms with Gasteiger partial charge in [-0.15, -0.1) is 0 Å². The van der Waals surface area contributed by atoms with Crippen molar-refractivity contribution in [3.05, 3.63) is 12.2 Å². The first kappa shape index (κ1) is 15.7. The fourth-order valence-corrected chi connectivity index (χ4v) is 1.31. The topological polar surface area (TPSA) is 29.5 Å². The number of rotatable bonds is 8. The van der Waals surface area contributed by atoms with Crippen LogP contribution in [-0.2, 0) is 4.74 Å². The number of ether oxygens (including phenoxy) is 1. The lowest BCUT2D eigenvalue weighted by molar-refractivity contribution is 0.0723. The standard InChI is InChI=1S/C14H28O2/c1-6-16-12-14(4,5)10-8-7-9-13(2,3)11-15/h7-8,15H,6,9-12H2,1-5H3/b8-7+. The molecule has 0 rings (SSSR count). The third-order valence-electron chi connectivity index (χ3n) is 2.63. The molecule has 0 bridgehead atoms. The van der Waals surface area contributed by atoms with Gasteiger partial charge in [0.1, 0.15) is 0 Å². The van der Waals surface area contributed by atoms with Gasteiger partial charge in [-0.1, -0.05) is 39.8 Å². The van der Waals surface area contributed by atoms with Crippen molar-refractivity contribution < 1.29 is 9.84 Å². The second-order valence-corrected chi connectivity index (χ2v) is 6.00. The highest BCUT2D eigenvalue weighted by Crippen LogP contribution is 2.23. The zero-order chi connectivity index (χ0) is 12.7. The molecule has 0 saturated heterocycles. The van der Waals surface area contributed by atoms with Gasteiger partial charge in [-0.3, -0.25) is 0 Å². The molecule has 0 heterocycles. The fraction of sp³-hybridized carbons (Fsp3) is 0.857. The summed E-state index contributed by atoms with van der Waals surface area (Å²) in [6.45, 7) is 12.4. The summed E-state index contributed by atoms with van der Waals surface area (Å²) < 4.78 is 5.44. The zero-order valence-corrected chi connectivity index (χ0v) is 11.5. The van der Waals surface area contributed by atoms with Gasteiger partial charge in [0.05, 0.1) is 6.61 Å². The van der Waals surface area contributed by atoms with Gasteiger partial charge in [0, 0.05) is 13.2 Å². The van der Waals surface area contributed by atoms with Crippen LogP contribution in [0, 0.1) is 10.8 Å². The van der Waals surface area contributed by atoms with Crippen LogP contribution in [0.25, 0.3) is 0 Å². The van der Waals surface area contributed by atoms with Crippen LogP contribution in [0.15, 0.2) is 12.2 Å². The minimum Gasteiger partial charge on any atom is -0.396 e. The smallest absolute Gasteiger partial charge is 0.0519 e. The van der Waals surface area contributed by atoms with Crippen molar-refractivity contribution in [3.63, 3.8) is 0 Å². The Balaban J connectivity index is 3.90. The Morgan fingerprint density at radius 1 is 1.00 bits per heavy atom. The van der Waals surface area contributed by atoms with Crippen LogP contribution in [-0.4, -0.2) is 24.9 Å². The molecule has 0 aliphatic rings. The molecular weight excluding hydrogens is 200 g/mol. The number of aliphatic hydroxyl groups is 1. The van der Waals surface area contributed by atoms with Crippen LogP contribution in [0.1, 0.15) is 47.5 Å². The Labute approximate surface area is 101 Å². The van der Waals surface area contributed by atoms with Crippen molar-refractivity contribution in [2.45, 2.75) is 47.5 Å². The van der Waals surface area contributed by atoms with Crippen molar-refractivity contribution in [2.75, 3.05) is 19.8 Å².